The van der Waals surface area contributed by atoms with E-state index in [0.717, 1.165) is 5.75 Å². The van der Waals surface area contributed by atoms with Crippen molar-refractivity contribution in [3.05, 3.63) is 34.3 Å². The molecule has 0 saturated heterocycles. The number of aryl methyl sites for hydroxylation is 1. The highest BCUT2D eigenvalue weighted by Crippen LogP contribution is 2.37. The predicted octanol–water partition coefficient (Wildman–Crippen LogP) is 0.188. The lowest BCUT2D eigenvalue weighted by molar-refractivity contribution is -0.141. The van der Waals surface area contributed by atoms with Gasteiger partial charge in [0.1, 0.15) is 24.5 Å². The van der Waals surface area contributed by atoms with E-state index in [9.17, 15) is 19.5 Å². The lowest BCUT2D eigenvalue weighted by Gasteiger charge is -2.08. The molecule has 3 N–H and O–H groups in total. The first-order valence-electron chi connectivity index (χ1n) is 6.20. The SMILES string of the molecule is C=CCOC(=O)CNC(=O)c1c(O)c2c([nH]c1=O)CCS2. The number of carbonyl (C=O) groups is 2. The highest BCUT2D eigenvalue weighted by atomic mass is 32.2. The Bertz CT molecular complexity index is 653. The Morgan fingerprint density at radius 3 is 3.00 bits per heavy atom. The average Bonchev–Trinajstić information content (AvgIpc) is 2.91. The molecule has 2 heterocycles. The summed E-state index contributed by atoms with van der Waals surface area (Å²) < 4.78 is 4.69. The van der Waals surface area contributed by atoms with Crippen LogP contribution in [0, 0.1) is 0 Å². The molecule has 0 saturated carbocycles. The number of hydrogen-bond acceptors (Lipinski definition) is 6. The summed E-state index contributed by atoms with van der Waals surface area (Å²) in [6.45, 7) is 3.03. The number of hydrogen-bond donors (Lipinski definition) is 3. The third kappa shape index (κ3) is 3.27. The van der Waals surface area contributed by atoms with Gasteiger partial charge < -0.3 is 20.1 Å². The smallest absolute Gasteiger partial charge is 0.325 e. The predicted molar refractivity (Wildman–Crippen MR) is 76.6 cm³/mol. The summed E-state index contributed by atoms with van der Waals surface area (Å²) >= 11 is 1.37. The molecule has 8 heteroatoms. The number of aromatic nitrogens is 1. The van der Waals surface area contributed by atoms with E-state index in [1.807, 2.05) is 0 Å². The minimum atomic E-state index is -0.820. The fraction of sp³-hybridized carbons (Fsp3) is 0.308. The topological polar surface area (TPSA) is 108 Å². The van der Waals surface area contributed by atoms with Crippen LogP contribution in [0.25, 0.3) is 0 Å². The van der Waals surface area contributed by atoms with E-state index >= 15 is 0 Å². The van der Waals surface area contributed by atoms with Crippen LogP contribution in [0.5, 0.6) is 5.75 Å². The standard InChI is InChI=1S/C13H14N2O5S/c1-2-4-20-8(16)6-14-12(18)9-10(17)11-7(3-5-21-11)15-13(9)19/h2H,1,3-6H2,(H,14,18)(H2,15,17,19). The summed E-state index contributed by atoms with van der Waals surface area (Å²) in [7, 11) is 0. The number of ether oxygens (including phenoxy) is 1. The molecule has 1 amide bonds. The highest BCUT2D eigenvalue weighted by molar-refractivity contribution is 7.99. The van der Waals surface area contributed by atoms with Crippen molar-refractivity contribution >= 4 is 23.6 Å². The number of H-pyrrole nitrogens is 1. The zero-order valence-electron chi connectivity index (χ0n) is 11.1. The minimum Gasteiger partial charge on any atom is -0.506 e. The van der Waals surface area contributed by atoms with Gasteiger partial charge in [0.2, 0.25) is 0 Å². The lowest BCUT2D eigenvalue weighted by Crippen LogP contribution is -2.34. The van der Waals surface area contributed by atoms with Crippen molar-refractivity contribution in [2.24, 2.45) is 0 Å². The van der Waals surface area contributed by atoms with Crippen molar-refractivity contribution in [2.75, 3.05) is 18.9 Å². The van der Waals surface area contributed by atoms with Crippen LogP contribution in [0.1, 0.15) is 16.1 Å². The van der Waals surface area contributed by atoms with Gasteiger partial charge in [0.15, 0.2) is 0 Å². The molecule has 0 bridgehead atoms. The van der Waals surface area contributed by atoms with Gasteiger partial charge in [0, 0.05) is 11.4 Å². The van der Waals surface area contributed by atoms with Gasteiger partial charge in [-0.15, -0.1) is 11.8 Å². The maximum absolute atomic E-state index is 11.9. The molecule has 0 aromatic carbocycles. The molecule has 2 rings (SSSR count). The number of nitrogens with one attached hydrogen (secondary N) is 2. The third-order valence-corrected chi connectivity index (χ3v) is 3.94. The normalized spacial score (nSPS) is 12.6. The Kier molecular flexibility index (Phi) is 4.69. The van der Waals surface area contributed by atoms with E-state index in [2.05, 4.69) is 21.6 Å². The highest BCUT2D eigenvalue weighted by Gasteiger charge is 2.25. The Balaban J connectivity index is 2.11. The van der Waals surface area contributed by atoms with Crippen LogP contribution in [0.4, 0.5) is 0 Å². The molecule has 112 valence electrons. The molecule has 7 nitrogen and oxygen atoms in total. The van der Waals surface area contributed by atoms with Crippen LogP contribution in [0.15, 0.2) is 22.3 Å². The molecule has 1 aliphatic rings. The van der Waals surface area contributed by atoms with Crippen molar-refractivity contribution < 1.29 is 19.4 Å². The number of pyridine rings is 1. The van der Waals surface area contributed by atoms with Gasteiger partial charge in [0.25, 0.3) is 11.5 Å². The number of esters is 1. The van der Waals surface area contributed by atoms with E-state index in [1.165, 1.54) is 17.8 Å². The van der Waals surface area contributed by atoms with Crippen molar-refractivity contribution in [1.29, 1.82) is 0 Å². The molecule has 0 fully saturated rings. The fourth-order valence-electron chi connectivity index (χ4n) is 1.86. The van der Waals surface area contributed by atoms with Gasteiger partial charge in [-0.1, -0.05) is 12.7 Å². The van der Waals surface area contributed by atoms with Gasteiger partial charge in [-0.25, -0.2) is 0 Å². The van der Waals surface area contributed by atoms with Crippen molar-refractivity contribution in [3.8, 4) is 5.75 Å². The van der Waals surface area contributed by atoms with E-state index in [-0.39, 0.29) is 17.9 Å². The molecule has 1 aliphatic heterocycles. The van der Waals surface area contributed by atoms with Crippen molar-refractivity contribution in [2.45, 2.75) is 11.3 Å². The van der Waals surface area contributed by atoms with E-state index in [4.69, 9.17) is 0 Å². The van der Waals surface area contributed by atoms with Crippen LogP contribution in [0.2, 0.25) is 0 Å². The van der Waals surface area contributed by atoms with Crippen LogP contribution < -0.4 is 10.9 Å². The first-order chi connectivity index (χ1) is 10.0. The van der Waals surface area contributed by atoms with Gasteiger partial charge >= 0.3 is 5.97 Å². The Morgan fingerprint density at radius 2 is 2.29 bits per heavy atom. The zero-order valence-corrected chi connectivity index (χ0v) is 11.9. The van der Waals surface area contributed by atoms with Crippen LogP contribution in [-0.2, 0) is 16.0 Å². The molecular formula is C13H14N2O5S. The summed E-state index contributed by atoms with van der Waals surface area (Å²) in [6, 6.07) is 0. The summed E-state index contributed by atoms with van der Waals surface area (Å²) in [5.41, 5.74) is -0.435. The number of fused-ring (bicyclic) bond motifs is 1. The fourth-order valence-corrected chi connectivity index (χ4v) is 2.94. The van der Waals surface area contributed by atoms with Crippen molar-refractivity contribution in [1.82, 2.24) is 10.3 Å². The van der Waals surface area contributed by atoms with Gasteiger partial charge in [-0.2, -0.15) is 0 Å². The molecular weight excluding hydrogens is 296 g/mol. The lowest BCUT2D eigenvalue weighted by atomic mass is 10.2. The Morgan fingerprint density at radius 1 is 1.52 bits per heavy atom. The molecule has 0 atom stereocenters. The molecule has 0 unspecified atom stereocenters. The van der Waals surface area contributed by atoms with E-state index < -0.39 is 24.0 Å². The maximum Gasteiger partial charge on any atom is 0.325 e. The van der Waals surface area contributed by atoms with Crippen molar-refractivity contribution in [3.63, 3.8) is 0 Å². The van der Waals surface area contributed by atoms with Crippen LogP contribution in [-0.4, -0.2) is 40.9 Å². The number of rotatable bonds is 5. The van der Waals surface area contributed by atoms with Crippen LogP contribution >= 0.6 is 11.8 Å². The largest absolute Gasteiger partial charge is 0.506 e. The van der Waals surface area contributed by atoms with Crippen LogP contribution in [0.3, 0.4) is 0 Å². The Labute approximate surface area is 124 Å². The number of amides is 1. The Hall–Kier alpha value is -2.22. The second-order valence-corrected chi connectivity index (χ2v) is 5.34. The number of aromatic hydroxyl groups is 1. The molecule has 21 heavy (non-hydrogen) atoms. The first-order valence-corrected chi connectivity index (χ1v) is 7.18. The van der Waals surface area contributed by atoms with E-state index in [0.29, 0.717) is 17.0 Å². The van der Waals surface area contributed by atoms with E-state index in [1.54, 1.807) is 0 Å². The maximum atomic E-state index is 11.9. The first kappa shape index (κ1) is 15.2. The van der Waals surface area contributed by atoms with Gasteiger partial charge in [0.05, 0.1) is 4.90 Å². The number of thioether (sulfide) groups is 1. The second kappa shape index (κ2) is 6.49. The summed E-state index contributed by atoms with van der Waals surface area (Å²) in [6.07, 6.45) is 2.03. The summed E-state index contributed by atoms with van der Waals surface area (Å²) in [5, 5.41) is 12.3. The summed E-state index contributed by atoms with van der Waals surface area (Å²) in [5.74, 6) is -1.08. The monoisotopic (exact) mass is 310 g/mol. The number of aromatic amines is 1. The number of carbonyl (C=O) groups excluding carboxylic acids is 2. The third-order valence-electron chi connectivity index (χ3n) is 2.80. The molecule has 1 aromatic heterocycles. The molecule has 0 aliphatic carbocycles. The minimum absolute atomic E-state index is 0.0377. The molecule has 0 radical (unpaired) electrons. The van der Waals surface area contributed by atoms with Gasteiger partial charge in [-0.05, 0) is 6.42 Å². The quantitative estimate of drug-likeness (QED) is 0.529. The van der Waals surface area contributed by atoms with Gasteiger partial charge in [-0.3, -0.25) is 14.4 Å². The average molecular weight is 310 g/mol. The second-order valence-electron chi connectivity index (χ2n) is 4.24. The zero-order chi connectivity index (χ0) is 15.4. The summed E-state index contributed by atoms with van der Waals surface area (Å²) in [4.78, 5) is 38.1. The molecule has 0 spiro atoms. The molecule has 1 aromatic rings.